The molecule has 0 spiro atoms. The number of benzene rings is 3. The van der Waals surface area contributed by atoms with E-state index in [-0.39, 0.29) is 18.9 Å². The van der Waals surface area contributed by atoms with Crippen LogP contribution in [0.5, 0.6) is 0 Å². The van der Waals surface area contributed by atoms with Gasteiger partial charge in [-0.1, -0.05) is 71.8 Å². The standard InChI is InChI=1S/C27H30ClN3O4S/c1-20-8-7-11-22(16-20)18-30(25(27(33)29-2)17-21-9-5-4-6-10-21)26(32)19-31(36(3,34)35)24-14-12-23(28)13-15-24/h4-16,25H,17-19H2,1-3H3,(H,29,33)/t25-/m0/s1. The number of rotatable bonds is 10. The number of likely N-dealkylation sites (N-methyl/N-ethyl adjacent to an activating group) is 1. The minimum atomic E-state index is -3.81. The number of nitrogens with zero attached hydrogens (tertiary/aromatic N) is 2. The minimum absolute atomic E-state index is 0.143. The van der Waals surface area contributed by atoms with E-state index in [1.807, 2.05) is 61.5 Å². The molecule has 36 heavy (non-hydrogen) atoms. The Labute approximate surface area is 217 Å². The van der Waals surface area contributed by atoms with E-state index in [0.29, 0.717) is 10.7 Å². The first kappa shape index (κ1) is 27.2. The highest BCUT2D eigenvalue weighted by Gasteiger charge is 2.32. The Bertz CT molecular complexity index is 1300. The molecule has 0 aliphatic rings. The number of anilines is 1. The van der Waals surface area contributed by atoms with Gasteiger partial charge in [0.15, 0.2) is 0 Å². The molecule has 3 aromatic rings. The normalized spacial score (nSPS) is 12.0. The van der Waals surface area contributed by atoms with E-state index in [2.05, 4.69) is 5.32 Å². The second kappa shape index (κ2) is 12.1. The van der Waals surface area contributed by atoms with Crippen molar-refractivity contribution in [3.8, 4) is 0 Å². The summed E-state index contributed by atoms with van der Waals surface area (Å²) in [6.45, 7) is 1.63. The van der Waals surface area contributed by atoms with Gasteiger partial charge < -0.3 is 10.2 Å². The third-order valence-electron chi connectivity index (χ3n) is 5.75. The van der Waals surface area contributed by atoms with Crippen LogP contribution < -0.4 is 9.62 Å². The van der Waals surface area contributed by atoms with Crippen molar-refractivity contribution < 1.29 is 18.0 Å². The predicted octanol–water partition coefficient (Wildman–Crippen LogP) is 3.80. The number of nitrogens with one attached hydrogen (secondary N) is 1. The molecular weight excluding hydrogens is 498 g/mol. The monoisotopic (exact) mass is 527 g/mol. The molecule has 0 fully saturated rings. The van der Waals surface area contributed by atoms with Gasteiger partial charge in [-0.05, 0) is 42.3 Å². The highest BCUT2D eigenvalue weighted by atomic mass is 35.5. The molecule has 0 heterocycles. The van der Waals surface area contributed by atoms with Crippen molar-refractivity contribution in [3.63, 3.8) is 0 Å². The average molecular weight is 528 g/mol. The first-order chi connectivity index (χ1) is 17.1. The van der Waals surface area contributed by atoms with Gasteiger partial charge >= 0.3 is 0 Å². The molecule has 2 amide bonds. The van der Waals surface area contributed by atoms with E-state index in [0.717, 1.165) is 27.3 Å². The number of hydrogen-bond acceptors (Lipinski definition) is 4. The lowest BCUT2D eigenvalue weighted by atomic mass is 10.0. The Hall–Kier alpha value is -3.36. The van der Waals surface area contributed by atoms with Gasteiger partial charge in [0.25, 0.3) is 0 Å². The summed E-state index contributed by atoms with van der Waals surface area (Å²) < 4.78 is 26.4. The fourth-order valence-corrected chi connectivity index (χ4v) is 4.92. The van der Waals surface area contributed by atoms with Crippen LogP contribution in [0.4, 0.5) is 5.69 Å². The van der Waals surface area contributed by atoms with E-state index < -0.39 is 28.5 Å². The number of sulfonamides is 1. The molecule has 0 unspecified atom stereocenters. The van der Waals surface area contributed by atoms with Crippen LogP contribution in [0.1, 0.15) is 16.7 Å². The Morgan fingerprint density at radius 1 is 0.944 bits per heavy atom. The molecule has 3 rings (SSSR count). The molecule has 3 aromatic carbocycles. The lowest BCUT2D eigenvalue weighted by Crippen LogP contribution is -2.52. The number of aryl methyl sites for hydroxylation is 1. The lowest BCUT2D eigenvalue weighted by molar-refractivity contribution is -0.139. The van der Waals surface area contributed by atoms with Crippen LogP contribution >= 0.6 is 11.6 Å². The molecule has 0 radical (unpaired) electrons. The van der Waals surface area contributed by atoms with Crippen LogP contribution in [-0.2, 0) is 32.6 Å². The molecule has 0 saturated heterocycles. The van der Waals surface area contributed by atoms with Crippen LogP contribution in [0.2, 0.25) is 5.02 Å². The second-order valence-corrected chi connectivity index (χ2v) is 10.9. The molecular formula is C27H30ClN3O4S. The van der Waals surface area contributed by atoms with Crippen LogP contribution in [0.25, 0.3) is 0 Å². The molecule has 0 aliphatic carbocycles. The van der Waals surface area contributed by atoms with Crippen molar-refractivity contribution >= 4 is 39.1 Å². The molecule has 0 bridgehead atoms. The number of amides is 2. The molecule has 1 atom stereocenters. The van der Waals surface area contributed by atoms with Crippen LogP contribution in [-0.4, -0.2) is 51.0 Å². The smallest absolute Gasteiger partial charge is 0.244 e. The maximum Gasteiger partial charge on any atom is 0.244 e. The summed E-state index contributed by atoms with van der Waals surface area (Å²) in [5, 5.41) is 3.11. The Kier molecular flexibility index (Phi) is 9.12. The van der Waals surface area contributed by atoms with Gasteiger partial charge in [0, 0.05) is 25.0 Å². The fraction of sp³-hybridized carbons (Fsp3) is 0.259. The Morgan fingerprint density at radius 2 is 1.58 bits per heavy atom. The average Bonchev–Trinajstić information content (AvgIpc) is 2.84. The lowest BCUT2D eigenvalue weighted by Gasteiger charge is -2.33. The van der Waals surface area contributed by atoms with Crippen LogP contribution in [0, 0.1) is 6.92 Å². The second-order valence-electron chi connectivity index (χ2n) is 8.58. The molecule has 190 valence electrons. The van der Waals surface area contributed by atoms with E-state index in [1.54, 1.807) is 24.3 Å². The predicted molar refractivity (Wildman–Crippen MR) is 143 cm³/mol. The van der Waals surface area contributed by atoms with Crippen molar-refractivity contribution in [2.75, 3.05) is 24.2 Å². The first-order valence-corrected chi connectivity index (χ1v) is 13.6. The minimum Gasteiger partial charge on any atom is -0.357 e. The first-order valence-electron chi connectivity index (χ1n) is 11.4. The molecule has 0 aromatic heterocycles. The molecule has 9 heteroatoms. The van der Waals surface area contributed by atoms with Crippen LogP contribution in [0.3, 0.4) is 0 Å². The largest absolute Gasteiger partial charge is 0.357 e. The third-order valence-corrected chi connectivity index (χ3v) is 7.14. The Balaban J connectivity index is 2.02. The fourth-order valence-electron chi connectivity index (χ4n) is 3.95. The molecule has 1 N–H and O–H groups in total. The van der Waals surface area contributed by atoms with Crippen molar-refractivity contribution in [1.82, 2.24) is 10.2 Å². The van der Waals surface area contributed by atoms with E-state index >= 15 is 0 Å². The topological polar surface area (TPSA) is 86.8 Å². The van der Waals surface area contributed by atoms with Gasteiger partial charge in [-0.15, -0.1) is 0 Å². The summed E-state index contributed by atoms with van der Waals surface area (Å²) in [7, 11) is -2.29. The van der Waals surface area contributed by atoms with E-state index in [4.69, 9.17) is 11.6 Å². The number of carbonyl (C=O) groups is 2. The summed E-state index contributed by atoms with van der Waals surface area (Å²) in [4.78, 5) is 28.3. The summed E-state index contributed by atoms with van der Waals surface area (Å²) in [6.07, 6.45) is 1.32. The third kappa shape index (κ3) is 7.32. The van der Waals surface area contributed by atoms with Gasteiger partial charge in [0.2, 0.25) is 21.8 Å². The van der Waals surface area contributed by atoms with Crippen molar-refractivity contribution in [1.29, 1.82) is 0 Å². The molecule has 0 saturated carbocycles. The van der Waals surface area contributed by atoms with E-state index in [1.165, 1.54) is 11.9 Å². The van der Waals surface area contributed by atoms with Crippen LogP contribution in [0.15, 0.2) is 78.9 Å². The maximum absolute atomic E-state index is 13.8. The van der Waals surface area contributed by atoms with Gasteiger partial charge in [-0.2, -0.15) is 0 Å². The van der Waals surface area contributed by atoms with Crippen molar-refractivity contribution in [3.05, 3.63) is 101 Å². The van der Waals surface area contributed by atoms with Gasteiger partial charge in [0.1, 0.15) is 12.6 Å². The van der Waals surface area contributed by atoms with Crippen molar-refractivity contribution in [2.24, 2.45) is 0 Å². The summed E-state index contributed by atoms with van der Waals surface area (Å²) in [6, 6.07) is 22.4. The van der Waals surface area contributed by atoms with E-state index in [9.17, 15) is 18.0 Å². The van der Waals surface area contributed by atoms with Gasteiger partial charge in [0.05, 0.1) is 11.9 Å². The quantitative estimate of drug-likeness (QED) is 0.434. The maximum atomic E-state index is 13.8. The zero-order valence-electron chi connectivity index (χ0n) is 20.5. The highest BCUT2D eigenvalue weighted by molar-refractivity contribution is 7.92. The summed E-state index contributed by atoms with van der Waals surface area (Å²) in [5.41, 5.74) is 3.04. The molecule has 0 aliphatic heterocycles. The zero-order chi connectivity index (χ0) is 26.3. The van der Waals surface area contributed by atoms with Gasteiger partial charge in [-0.25, -0.2) is 8.42 Å². The van der Waals surface area contributed by atoms with Gasteiger partial charge in [-0.3, -0.25) is 13.9 Å². The summed E-state index contributed by atoms with van der Waals surface area (Å²) >= 11 is 5.97. The SMILES string of the molecule is CNC(=O)[C@H](Cc1ccccc1)N(Cc1cccc(C)c1)C(=O)CN(c1ccc(Cl)cc1)S(C)(=O)=O. The Morgan fingerprint density at radius 3 is 2.17 bits per heavy atom. The highest BCUT2D eigenvalue weighted by Crippen LogP contribution is 2.22. The molecule has 7 nitrogen and oxygen atoms in total. The zero-order valence-corrected chi connectivity index (χ0v) is 22.1. The summed E-state index contributed by atoms with van der Waals surface area (Å²) in [5.74, 6) is -0.835. The number of hydrogen-bond donors (Lipinski definition) is 1. The van der Waals surface area contributed by atoms with Crippen molar-refractivity contribution in [2.45, 2.75) is 25.9 Å². The number of carbonyl (C=O) groups excluding carboxylic acids is 2. The number of halogens is 1.